The molecule has 27 heavy (non-hydrogen) atoms. The average Bonchev–Trinajstić information content (AvgIpc) is 2.74. The fourth-order valence-corrected chi connectivity index (χ4v) is 3.06. The molecule has 1 aliphatic rings. The van der Waals surface area contributed by atoms with Gasteiger partial charge in [0, 0.05) is 30.8 Å². The molecule has 1 heterocycles. The van der Waals surface area contributed by atoms with Crippen molar-refractivity contribution < 1.29 is 19.1 Å². The number of methoxy groups -OCH3 is 1. The van der Waals surface area contributed by atoms with Crippen molar-refractivity contribution in [1.82, 2.24) is 10.2 Å². The predicted molar refractivity (Wildman–Crippen MR) is 102 cm³/mol. The van der Waals surface area contributed by atoms with Crippen molar-refractivity contribution in [2.45, 2.75) is 6.42 Å². The number of carbonyl (C=O) groups is 2. The first kappa shape index (κ1) is 18.9. The maximum Gasteiger partial charge on any atom is 0.254 e. The number of carbonyl (C=O) groups excluding carboxylic acids is 2. The largest absolute Gasteiger partial charge is 0.496 e. The average molecular weight is 368 g/mol. The zero-order chi connectivity index (χ0) is 19.1. The molecule has 2 amide bonds. The van der Waals surface area contributed by atoms with Crippen molar-refractivity contribution in [3.63, 3.8) is 0 Å². The third-order valence-corrected chi connectivity index (χ3v) is 4.54. The Kier molecular flexibility index (Phi) is 6.44. The summed E-state index contributed by atoms with van der Waals surface area (Å²) in [5, 5.41) is 2.91. The lowest BCUT2D eigenvalue weighted by Crippen LogP contribution is -2.40. The summed E-state index contributed by atoms with van der Waals surface area (Å²) in [5.41, 5.74) is 2.04. The molecule has 1 saturated heterocycles. The molecule has 0 bridgehead atoms. The highest BCUT2D eigenvalue weighted by molar-refractivity contribution is 5.99. The molecular weight excluding hydrogens is 344 g/mol. The van der Waals surface area contributed by atoms with Gasteiger partial charge in [0.05, 0.1) is 20.3 Å². The number of hydrogen-bond donors (Lipinski definition) is 1. The highest BCUT2D eigenvalue weighted by atomic mass is 16.5. The Morgan fingerprint density at radius 1 is 1.07 bits per heavy atom. The minimum Gasteiger partial charge on any atom is -0.496 e. The van der Waals surface area contributed by atoms with Gasteiger partial charge >= 0.3 is 0 Å². The Morgan fingerprint density at radius 2 is 1.81 bits per heavy atom. The van der Waals surface area contributed by atoms with Crippen molar-refractivity contribution in [2.75, 3.05) is 40.0 Å². The van der Waals surface area contributed by atoms with Crippen LogP contribution in [0.4, 0.5) is 0 Å². The first-order valence-corrected chi connectivity index (χ1v) is 9.06. The molecule has 6 heteroatoms. The maximum atomic E-state index is 12.6. The standard InChI is InChI=1S/C21H24N2O4/c1-26-19-8-3-2-5-16(19)9-10-22-20(24)17-6-4-7-18(15-17)21(25)23-11-13-27-14-12-23/h2-8,15H,9-14H2,1H3,(H,22,24). The van der Waals surface area contributed by atoms with Crippen LogP contribution in [-0.2, 0) is 11.2 Å². The van der Waals surface area contributed by atoms with Crippen LogP contribution in [0.5, 0.6) is 5.75 Å². The summed E-state index contributed by atoms with van der Waals surface area (Å²) in [5.74, 6) is 0.549. The van der Waals surface area contributed by atoms with Crippen LogP contribution in [0.15, 0.2) is 48.5 Å². The van der Waals surface area contributed by atoms with E-state index in [0.717, 1.165) is 11.3 Å². The fraction of sp³-hybridized carbons (Fsp3) is 0.333. The van der Waals surface area contributed by atoms with Crippen LogP contribution in [0.3, 0.4) is 0 Å². The third kappa shape index (κ3) is 4.86. The van der Waals surface area contributed by atoms with Crippen LogP contribution < -0.4 is 10.1 Å². The van der Waals surface area contributed by atoms with E-state index in [2.05, 4.69) is 5.32 Å². The SMILES string of the molecule is COc1ccccc1CCNC(=O)c1cccc(C(=O)N2CCOCC2)c1. The van der Waals surface area contributed by atoms with Gasteiger partial charge in [-0.2, -0.15) is 0 Å². The third-order valence-electron chi connectivity index (χ3n) is 4.54. The van der Waals surface area contributed by atoms with Gasteiger partial charge in [-0.25, -0.2) is 0 Å². The minimum atomic E-state index is -0.193. The number of hydrogen-bond acceptors (Lipinski definition) is 4. The van der Waals surface area contributed by atoms with Gasteiger partial charge in [-0.3, -0.25) is 9.59 Å². The quantitative estimate of drug-likeness (QED) is 0.848. The van der Waals surface area contributed by atoms with Gasteiger partial charge < -0.3 is 19.7 Å². The first-order chi connectivity index (χ1) is 13.2. The van der Waals surface area contributed by atoms with Gasteiger partial charge in [0.2, 0.25) is 0 Å². The molecule has 0 aromatic heterocycles. The molecule has 142 valence electrons. The highest BCUT2D eigenvalue weighted by Crippen LogP contribution is 2.17. The topological polar surface area (TPSA) is 67.9 Å². The molecule has 6 nitrogen and oxygen atoms in total. The van der Waals surface area contributed by atoms with Crippen LogP contribution in [0, 0.1) is 0 Å². The molecule has 1 fully saturated rings. The molecule has 0 spiro atoms. The van der Waals surface area contributed by atoms with Crippen LogP contribution in [-0.4, -0.2) is 56.7 Å². The van der Waals surface area contributed by atoms with Gasteiger partial charge in [0.25, 0.3) is 11.8 Å². The van der Waals surface area contributed by atoms with E-state index in [-0.39, 0.29) is 11.8 Å². The molecule has 1 aliphatic heterocycles. The van der Waals surface area contributed by atoms with Crippen LogP contribution in [0.2, 0.25) is 0 Å². The van der Waals surface area contributed by atoms with E-state index in [1.165, 1.54) is 0 Å². The van der Waals surface area contributed by atoms with E-state index < -0.39 is 0 Å². The summed E-state index contributed by atoms with van der Waals surface area (Å²) >= 11 is 0. The zero-order valence-electron chi connectivity index (χ0n) is 15.4. The normalized spacial score (nSPS) is 13.9. The summed E-state index contributed by atoms with van der Waals surface area (Å²) in [6.45, 7) is 2.74. The molecule has 1 N–H and O–H groups in total. The number of amides is 2. The second kappa shape index (κ2) is 9.19. The lowest BCUT2D eigenvalue weighted by Gasteiger charge is -2.27. The summed E-state index contributed by atoms with van der Waals surface area (Å²) in [6.07, 6.45) is 0.669. The molecular formula is C21H24N2O4. The van der Waals surface area contributed by atoms with Crippen LogP contribution >= 0.6 is 0 Å². The molecule has 2 aromatic carbocycles. The van der Waals surface area contributed by atoms with Gasteiger partial charge in [-0.1, -0.05) is 24.3 Å². The fourth-order valence-electron chi connectivity index (χ4n) is 3.06. The monoisotopic (exact) mass is 368 g/mol. The molecule has 3 rings (SSSR count). The molecule has 0 aliphatic carbocycles. The van der Waals surface area contributed by atoms with E-state index >= 15 is 0 Å². The van der Waals surface area contributed by atoms with Crippen molar-refractivity contribution in [1.29, 1.82) is 0 Å². The number of para-hydroxylation sites is 1. The number of benzene rings is 2. The van der Waals surface area contributed by atoms with Gasteiger partial charge in [-0.05, 0) is 36.2 Å². The van der Waals surface area contributed by atoms with E-state index in [9.17, 15) is 9.59 Å². The Bertz CT molecular complexity index is 800. The van der Waals surface area contributed by atoms with Crippen LogP contribution in [0.1, 0.15) is 26.3 Å². The first-order valence-electron chi connectivity index (χ1n) is 9.06. The lowest BCUT2D eigenvalue weighted by atomic mass is 10.1. The summed E-state index contributed by atoms with van der Waals surface area (Å²) < 4.78 is 10.6. The maximum absolute atomic E-state index is 12.6. The lowest BCUT2D eigenvalue weighted by molar-refractivity contribution is 0.0303. The smallest absolute Gasteiger partial charge is 0.254 e. The van der Waals surface area contributed by atoms with E-state index in [0.29, 0.717) is 50.4 Å². The number of ether oxygens (including phenoxy) is 2. The number of nitrogens with zero attached hydrogens (tertiary/aromatic N) is 1. The van der Waals surface area contributed by atoms with Crippen molar-refractivity contribution in [2.24, 2.45) is 0 Å². The summed E-state index contributed by atoms with van der Waals surface area (Å²) in [4.78, 5) is 26.8. The molecule has 0 saturated carbocycles. The number of nitrogens with one attached hydrogen (secondary N) is 1. The molecule has 0 radical (unpaired) electrons. The number of morpholine rings is 1. The van der Waals surface area contributed by atoms with Gasteiger partial charge in [-0.15, -0.1) is 0 Å². The van der Waals surface area contributed by atoms with Crippen LogP contribution in [0.25, 0.3) is 0 Å². The van der Waals surface area contributed by atoms with E-state index in [1.54, 1.807) is 36.3 Å². The number of rotatable bonds is 6. The second-order valence-electron chi connectivity index (χ2n) is 6.30. The molecule has 2 aromatic rings. The Morgan fingerprint density at radius 3 is 2.59 bits per heavy atom. The summed E-state index contributed by atoms with van der Waals surface area (Å²) in [7, 11) is 1.63. The Labute approximate surface area is 159 Å². The predicted octanol–water partition coefficient (Wildman–Crippen LogP) is 2.14. The Hall–Kier alpha value is -2.86. The van der Waals surface area contributed by atoms with E-state index in [4.69, 9.17) is 9.47 Å². The zero-order valence-corrected chi connectivity index (χ0v) is 15.4. The van der Waals surface area contributed by atoms with Gasteiger partial charge in [0.1, 0.15) is 5.75 Å². The van der Waals surface area contributed by atoms with Gasteiger partial charge in [0.15, 0.2) is 0 Å². The van der Waals surface area contributed by atoms with Crippen molar-refractivity contribution in [3.05, 3.63) is 65.2 Å². The second-order valence-corrected chi connectivity index (χ2v) is 6.30. The summed E-state index contributed by atoms with van der Waals surface area (Å²) in [6, 6.07) is 14.6. The Balaban J connectivity index is 1.59. The highest BCUT2D eigenvalue weighted by Gasteiger charge is 2.19. The molecule has 0 unspecified atom stereocenters. The minimum absolute atomic E-state index is 0.0676. The van der Waals surface area contributed by atoms with E-state index in [1.807, 2.05) is 24.3 Å². The molecule has 0 atom stereocenters. The van der Waals surface area contributed by atoms with Crippen molar-refractivity contribution in [3.8, 4) is 5.75 Å². The van der Waals surface area contributed by atoms with Crippen molar-refractivity contribution >= 4 is 11.8 Å².